The molecular formula is C23H28N2O3S. The normalized spacial score (nSPS) is 11.0. The predicted octanol–water partition coefficient (Wildman–Crippen LogP) is 4.98. The van der Waals surface area contributed by atoms with Gasteiger partial charge < -0.3 is 18.8 Å². The lowest BCUT2D eigenvalue weighted by molar-refractivity contribution is 0.281. The van der Waals surface area contributed by atoms with E-state index in [1.54, 1.807) is 18.0 Å². The highest BCUT2D eigenvalue weighted by Gasteiger charge is 2.07. The molecule has 1 heterocycles. The van der Waals surface area contributed by atoms with Crippen LogP contribution in [0.25, 0.3) is 11.5 Å². The van der Waals surface area contributed by atoms with Gasteiger partial charge in [0, 0.05) is 23.6 Å². The first-order chi connectivity index (χ1) is 14.2. The number of aromatic nitrogens is 1. The van der Waals surface area contributed by atoms with E-state index in [0.29, 0.717) is 19.1 Å². The number of benzene rings is 2. The van der Waals surface area contributed by atoms with Crippen molar-refractivity contribution in [2.75, 3.05) is 39.6 Å². The second kappa shape index (κ2) is 11.5. The largest absolute Gasteiger partial charge is 0.494 e. The second-order valence-corrected chi connectivity index (χ2v) is 7.99. The molecule has 1 aromatic heterocycles. The van der Waals surface area contributed by atoms with Gasteiger partial charge in [-0.3, -0.25) is 0 Å². The molecule has 0 atom stereocenters. The average Bonchev–Trinajstić information content (AvgIpc) is 3.21. The van der Waals surface area contributed by atoms with E-state index in [1.807, 2.05) is 54.6 Å². The molecule has 0 N–H and O–H groups in total. The molecule has 0 amide bonds. The molecule has 154 valence electrons. The molecule has 29 heavy (non-hydrogen) atoms. The maximum atomic E-state index is 5.77. The molecule has 0 aliphatic carbocycles. The fourth-order valence-electron chi connectivity index (χ4n) is 2.68. The molecule has 2 aromatic carbocycles. The zero-order chi connectivity index (χ0) is 20.3. The van der Waals surface area contributed by atoms with Crippen LogP contribution in [0.3, 0.4) is 0 Å². The topological polar surface area (TPSA) is 47.7 Å². The van der Waals surface area contributed by atoms with Crippen LogP contribution in [0.1, 0.15) is 12.1 Å². The monoisotopic (exact) mass is 412 g/mol. The lowest BCUT2D eigenvalue weighted by Crippen LogP contribution is -2.15. The van der Waals surface area contributed by atoms with Crippen molar-refractivity contribution in [3.8, 4) is 23.0 Å². The van der Waals surface area contributed by atoms with Crippen molar-refractivity contribution in [2.45, 2.75) is 12.2 Å². The third-order valence-electron chi connectivity index (χ3n) is 4.16. The Bertz CT molecular complexity index is 835. The smallest absolute Gasteiger partial charge is 0.226 e. The molecule has 0 spiro atoms. The van der Waals surface area contributed by atoms with Crippen LogP contribution >= 0.6 is 11.8 Å². The van der Waals surface area contributed by atoms with E-state index in [-0.39, 0.29) is 0 Å². The Morgan fingerprint density at radius 3 is 2.41 bits per heavy atom. The van der Waals surface area contributed by atoms with E-state index in [1.165, 1.54) is 0 Å². The summed E-state index contributed by atoms with van der Waals surface area (Å²) in [6, 6.07) is 17.8. The van der Waals surface area contributed by atoms with Crippen molar-refractivity contribution in [2.24, 2.45) is 0 Å². The number of para-hydroxylation sites is 1. The summed E-state index contributed by atoms with van der Waals surface area (Å²) in [5.41, 5.74) is 1.89. The fraction of sp³-hybridized carbons (Fsp3) is 0.348. The highest BCUT2D eigenvalue weighted by Crippen LogP contribution is 2.23. The Morgan fingerprint density at radius 1 is 0.931 bits per heavy atom. The van der Waals surface area contributed by atoms with Crippen molar-refractivity contribution in [1.29, 1.82) is 0 Å². The third kappa shape index (κ3) is 7.48. The minimum Gasteiger partial charge on any atom is -0.494 e. The van der Waals surface area contributed by atoms with Crippen LogP contribution < -0.4 is 9.47 Å². The van der Waals surface area contributed by atoms with Crippen LogP contribution in [0.4, 0.5) is 0 Å². The number of thioether (sulfide) groups is 1. The summed E-state index contributed by atoms with van der Waals surface area (Å²) >= 11 is 1.78. The van der Waals surface area contributed by atoms with E-state index in [9.17, 15) is 0 Å². The quantitative estimate of drug-likeness (QED) is 0.391. The summed E-state index contributed by atoms with van der Waals surface area (Å²) in [7, 11) is 4.13. The molecule has 0 radical (unpaired) electrons. The van der Waals surface area contributed by atoms with Gasteiger partial charge in [0.2, 0.25) is 5.89 Å². The molecule has 6 heteroatoms. The van der Waals surface area contributed by atoms with Gasteiger partial charge in [0.1, 0.15) is 17.8 Å². The van der Waals surface area contributed by atoms with Gasteiger partial charge in [-0.2, -0.15) is 11.8 Å². The lowest BCUT2D eigenvalue weighted by Gasteiger charge is -2.10. The summed E-state index contributed by atoms with van der Waals surface area (Å²) in [5, 5.41) is 0. The molecule has 0 bridgehead atoms. The van der Waals surface area contributed by atoms with Gasteiger partial charge in [0.25, 0.3) is 0 Å². The van der Waals surface area contributed by atoms with E-state index in [2.05, 4.69) is 24.0 Å². The molecular weight excluding hydrogens is 384 g/mol. The number of nitrogens with zero attached hydrogens (tertiary/aromatic N) is 2. The van der Waals surface area contributed by atoms with E-state index < -0.39 is 0 Å². The first kappa shape index (κ1) is 21.3. The average molecular weight is 413 g/mol. The Kier molecular flexibility index (Phi) is 8.46. The first-order valence-electron chi connectivity index (χ1n) is 9.78. The summed E-state index contributed by atoms with van der Waals surface area (Å²) in [6.45, 7) is 2.41. The third-order valence-corrected chi connectivity index (χ3v) is 5.12. The number of hydrogen-bond acceptors (Lipinski definition) is 6. The molecule has 0 aliphatic rings. The molecule has 0 saturated carbocycles. The fourth-order valence-corrected chi connectivity index (χ4v) is 3.37. The van der Waals surface area contributed by atoms with Crippen molar-refractivity contribution in [3.63, 3.8) is 0 Å². The van der Waals surface area contributed by atoms with Crippen molar-refractivity contribution in [3.05, 3.63) is 66.6 Å². The van der Waals surface area contributed by atoms with Gasteiger partial charge in [-0.15, -0.1) is 0 Å². The zero-order valence-electron chi connectivity index (χ0n) is 17.0. The second-order valence-electron chi connectivity index (χ2n) is 6.89. The van der Waals surface area contributed by atoms with Gasteiger partial charge >= 0.3 is 0 Å². The molecule has 3 rings (SSSR count). The Labute approximate surface area is 177 Å². The minimum absolute atomic E-state index is 0.639. The number of hydrogen-bond donors (Lipinski definition) is 0. The number of rotatable bonds is 12. The molecule has 0 fully saturated rings. The molecule has 0 saturated heterocycles. The number of oxazole rings is 1. The highest BCUT2D eigenvalue weighted by molar-refractivity contribution is 7.98. The van der Waals surface area contributed by atoms with Crippen LogP contribution in [-0.4, -0.2) is 49.5 Å². The molecule has 0 unspecified atom stereocenters. The Balaban J connectivity index is 1.38. The van der Waals surface area contributed by atoms with Gasteiger partial charge in [-0.05, 0) is 56.9 Å². The van der Waals surface area contributed by atoms with Crippen LogP contribution in [0.5, 0.6) is 11.5 Å². The van der Waals surface area contributed by atoms with Gasteiger partial charge in [0.15, 0.2) is 0 Å². The summed E-state index contributed by atoms with van der Waals surface area (Å²) in [5.74, 6) is 4.11. The zero-order valence-corrected chi connectivity index (χ0v) is 17.9. The summed E-state index contributed by atoms with van der Waals surface area (Å²) < 4.78 is 17.1. The van der Waals surface area contributed by atoms with Crippen LogP contribution in [0.2, 0.25) is 0 Å². The van der Waals surface area contributed by atoms with E-state index in [0.717, 1.165) is 47.2 Å². The Hall–Kier alpha value is -2.44. The van der Waals surface area contributed by atoms with E-state index in [4.69, 9.17) is 13.9 Å². The lowest BCUT2D eigenvalue weighted by atomic mass is 10.2. The molecule has 3 aromatic rings. The van der Waals surface area contributed by atoms with Gasteiger partial charge in [-0.1, -0.05) is 18.2 Å². The number of ether oxygens (including phenoxy) is 2. The molecule has 0 aliphatic heterocycles. The van der Waals surface area contributed by atoms with Crippen LogP contribution in [0.15, 0.2) is 65.3 Å². The van der Waals surface area contributed by atoms with Gasteiger partial charge in [-0.25, -0.2) is 4.98 Å². The summed E-state index contributed by atoms with van der Waals surface area (Å²) in [6.07, 6.45) is 2.73. The SMILES string of the molecule is CN(C)CCCOc1ccc(-c2nc(CSCCOc3ccccc3)co2)cc1. The standard InChI is InChI=1S/C23H28N2O3S/c1-25(2)13-6-14-26-22-11-9-19(10-12-22)23-24-20(17-28-23)18-29-16-15-27-21-7-4-3-5-8-21/h3-5,7-12,17H,6,13-16,18H2,1-2H3. The van der Waals surface area contributed by atoms with Crippen LogP contribution in [0, 0.1) is 0 Å². The minimum atomic E-state index is 0.639. The highest BCUT2D eigenvalue weighted by atomic mass is 32.2. The van der Waals surface area contributed by atoms with E-state index >= 15 is 0 Å². The van der Waals surface area contributed by atoms with Crippen molar-refractivity contribution < 1.29 is 13.9 Å². The van der Waals surface area contributed by atoms with Crippen molar-refractivity contribution in [1.82, 2.24) is 9.88 Å². The van der Waals surface area contributed by atoms with Crippen LogP contribution in [-0.2, 0) is 5.75 Å². The molecule has 5 nitrogen and oxygen atoms in total. The summed E-state index contributed by atoms with van der Waals surface area (Å²) in [4.78, 5) is 6.74. The first-order valence-corrected chi connectivity index (χ1v) is 10.9. The van der Waals surface area contributed by atoms with Crippen molar-refractivity contribution >= 4 is 11.8 Å². The Morgan fingerprint density at radius 2 is 1.66 bits per heavy atom. The van der Waals surface area contributed by atoms with Gasteiger partial charge in [0.05, 0.1) is 18.9 Å². The maximum Gasteiger partial charge on any atom is 0.226 e. The predicted molar refractivity (Wildman–Crippen MR) is 119 cm³/mol. The maximum absolute atomic E-state index is 5.77.